The largest absolute Gasteiger partial charge is 0.326 e. The second-order valence-corrected chi connectivity index (χ2v) is 7.96. The van der Waals surface area contributed by atoms with Gasteiger partial charge in [-0.1, -0.05) is 48.0 Å². The molecule has 1 atom stereocenters. The lowest BCUT2D eigenvalue weighted by molar-refractivity contribution is 0.0977. The van der Waals surface area contributed by atoms with Crippen LogP contribution in [0.4, 0.5) is 5.69 Å². The summed E-state index contributed by atoms with van der Waals surface area (Å²) in [5.41, 5.74) is 3.71. The molecule has 5 nitrogen and oxygen atoms in total. The van der Waals surface area contributed by atoms with Gasteiger partial charge in [-0.15, -0.1) is 0 Å². The monoisotopic (exact) mass is 464 g/mol. The zero-order valence-electron chi connectivity index (χ0n) is 17.1. The van der Waals surface area contributed by atoms with Crippen LogP contribution >= 0.6 is 15.9 Å². The van der Waals surface area contributed by atoms with Crippen molar-refractivity contribution in [2.75, 3.05) is 5.32 Å². The molecule has 1 amide bonds. The Morgan fingerprint density at radius 2 is 1.83 bits per heavy atom. The third-order valence-electron chi connectivity index (χ3n) is 4.84. The van der Waals surface area contributed by atoms with E-state index >= 15 is 0 Å². The van der Waals surface area contributed by atoms with E-state index in [9.17, 15) is 4.79 Å². The molecule has 2 aromatic carbocycles. The van der Waals surface area contributed by atoms with Gasteiger partial charge < -0.3 is 5.32 Å². The van der Waals surface area contributed by atoms with Gasteiger partial charge in [0.1, 0.15) is 0 Å². The minimum atomic E-state index is -0.228. The highest BCUT2D eigenvalue weighted by atomic mass is 79.9. The predicted molar refractivity (Wildman–Crippen MR) is 126 cm³/mol. The molecule has 0 bridgehead atoms. The molecule has 6 heteroatoms. The average molecular weight is 465 g/mol. The molecule has 0 fully saturated rings. The molecule has 0 aliphatic rings. The van der Waals surface area contributed by atoms with Gasteiger partial charge in [0.05, 0.1) is 6.54 Å². The maximum absolute atomic E-state index is 12.7. The number of hydrogen-bond acceptors (Lipinski definition) is 3. The molecular formula is C24H25BrN4O. The first-order valence-corrected chi connectivity index (χ1v) is 10.7. The lowest BCUT2D eigenvalue weighted by Gasteiger charge is -2.14. The number of pyridine rings is 1. The molecular weight excluding hydrogens is 440 g/mol. The standard InChI is InChI=1S/C24H25BrN4O/c1-3-17(2)19-7-9-22(10-8-19)28-24(27-16-18-11-13-26-14-12-18)29-23(30)20-5-4-6-21(25)15-20/h4-15,17H,3,16H2,1-2H3,(H2,27,28,29,30). The Bertz CT molecular complexity index is 1000. The van der Waals surface area contributed by atoms with E-state index in [0.717, 1.165) is 22.1 Å². The van der Waals surface area contributed by atoms with E-state index in [2.05, 4.69) is 62.5 Å². The van der Waals surface area contributed by atoms with Crippen LogP contribution in [0.1, 0.15) is 47.7 Å². The first kappa shape index (κ1) is 21.7. The summed E-state index contributed by atoms with van der Waals surface area (Å²) in [6, 6.07) is 19.3. The second kappa shape index (κ2) is 10.7. The number of halogens is 1. The van der Waals surface area contributed by atoms with E-state index in [1.54, 1.807) is 24.5 Å². The second-order valence-electron chi connectivity index (χ2n) is 7.04. The fraction of sp³-hybridized carbons (Fsp3) is 0.208. The normalized spacial score (nSPS) is 12.3. The van der Waals surface area contributed by atoms with E-state index in [1.165, 1.54) is 5.56 Å². The third kappa shape index (κ3) is 6.26. The van der Waals surface area contributed by atoms with Gasteiger partial charge in [0.2, 0.25) is 5.96 Å². The summed E-state index contributed by atoms with van der Waals surface area (Å²) < 4.78 is 0.846. The van der Waals surface area contributed by atoms with Crippen molar-refractivity contribution in [1.82, 2.24) is 10.3 Å². The molecule has 30 heavy (non-hydrogen) atoms. The van der Waals surface area contributed by atoms with Gasteiger partial charge in [0.25, 0.3) is 5.91 Å². The fourth-order valence-electron chi connectivity index (χ4n) is 2.85. The Balaban J connectivity index is 1.79. The highest BCUT2D eigenvalue weighted by Crippen LogP contribution is 2.20. The first-order valence-electron chi connectivity index (χ1n) is 9.92. The van der Waals surface area contributed by atoms with Crippen molar-refractivity contribution in [3.8, 4) is 0 Å². The molecule has 3 aromatic rings. The number of rotatable bonds is 6. The zero-order chi connectivity index (χ0) is 21.3. The van der Waals surface area contributed by atoms with Gasteiger partial charge in [0, 0.05) is 28.1 Å². The molecule has 0 aliphatic heterocycles. The zero-order valence-corrected chi connectivity index (χ0v) is 18.7. The molecule has 1 heterocycles. The quantitative estimate of drug-likeness (QED) is 0.360. The fourth-order valence-corrected chi connectivity index (χ4v) is 3.24. The van der Waals surface area contributed by atoms with Crippen LogP contribution in [0.15, 0.2) is 82.5 Å². The predicted octanol–water partition coefficient (Wildman–Crippen LogP) is 5.76. The Morgan fingerprint density at radius 3 is 2.50 bits per heavy atom. The number of anilines is 1. The number of guanidine groups is 1. The summed E-state index contributed by atoms with van der Waals surface area (Å²) in [5, 5.41) is 6.13. The number of benzene rings is 2. The van der Waals surface area contributed by atoms with Crippen LogP contribution in [-0.4, -0.2) is 16.9 Å². The molecule has 0 saturated carbocycles. The molecule has 1 aromatic heterocycles. The molecule has 1 unspecified atom stereocenters. The van der Waals surface area contributed by atoms with Crippen molar-refractivity contribution in [2.45, 2.75) is 32.7 Å². The van der Waals surface area contributed by atoms with Crippen LogP contribution in [0.2, 0.25) is 0 Å². The van der Waals surface area contributed by atoms with Gasteiger partial charge in [-0.25, -0.2) is 4.99 Å². The number of aromatic nitrogens is 1. The van der Waals surface area contributed by atoms with Crippen LogP contribution in [0, 0.1) is 0 Å². The molecule has 0 aliphatic carbocycles. The molecule has 2 N–H and O–H groups in total. The van der Waals surface area contributed by atoms with E-state index in [1.807, 2.05) is 36.4 Å². The SMILES string of the molecule is CCC(C)c1ccc(NC(=NCc2ccncc2)NC(=O)c2cccc(Br)c2)cc1. The molecule has 154 valence electrons. The van der Waals surface area contributed by atoms with Crippen molar-refractivity contribution in [1.29, 1.82) is 0 Å². The number of carbonyl (C=O) groups is 1. The number of nitrogens with one attached hydrogen (secondary N) is 2. The topological polar surface area (TPSA) is 66.4 Å². The smallest absolute Gasteiger partial charge is 0.257 e. The van der Waals surface area contributed by atoms with Gasteiger partial charge in [0.15, 0.2) is 0 Å². The summed E-state index contributed by atoms with van der Waals surface area (Å²) in [6.45, 7) is 4.81. The van der Waals surface area contributed by atoms with Crippen molar-refractivity contribution >= 4 is 33.5 Å². The number of nitrogens with zero attached hydrogens (tertiary/aromatic N) is 2. The number of hydrogen-bond donors (Lipinski definition) is 2. The van der Waals surface area contributed by atoms with Gasteiger partial charge >= 0.3 is 0 Å². The number of carbonyl (C=O) groups excluding carboxylic acids is 1. The lowest BCUT2D eigenvalue weighted by atomic mass is 9.99. The molecule has 0 spiro atoms. The van der Waals surface area contributed by atoms with Crippen molar-refractivity contribution in [3.63, 3.8) is 0 Å². The molecule has 0 saturated heterocycles. The first-order chi connectivity index (χ1) is 14.5. The van der Waals surface area contributed by atoms with Gasteiger partial charge in [-0.3, -0.25) is 15.1 Å². The number of aliphatic imine (C=N–C) groups is 1. The Labute approximate surface area is 185 Å². The summed E-state index contributed by atoms with van der Waals surface area (Å²) >= 11 is 3.40. The molecule has 3 rings (SSSR count). The Kier molecular flexibility index (Phi) is 7.74. The average Bonchev–Trinajstić information content (AvgIpc) is 2.78. The van der Waals surface area contributed by atoms with Crippen LogP contribution in [0.3, 0.4) is 0 Å². The maximum atomic E-state index is 12.7. The minimum Gasteiger partial charge on any atom is -0.326 e. The number of amides is 1. The summed E-state index contributed by atoms with van der Waals surface area (Å²) in [6.07, 6.45) is 4.55. The third-order valence-corrected chi connectivity index (χ3v) is 5.34. The van der Waals surface area contributed by atoms with Crippen molar-refractivity contribution < 1.29 is 4.79 Å². The van der Waals surface area contributed by atoms with E-state index < -0.39 is 0 Å². The van der Waals surface area contributed by atoms with E-state index in [4.69, 9.17) is 0 Å². The highest BCUT2D eigenvalue weighted by Gasteiger charge is 2.10. The van der Waals surface area contributed by atoms with Gasteiger partial charge in [-0.2, -0.15) is 0 Å². The van der Waals surface area contributed by atoms with Crippen LogP contribution in [0.25, 0.3) is 0 Å². The summed E-state index contributed by atoms with van der Waals surface area (Å²) in [4.78, 5) is 21.3. The van der Waals surface area contributed by atoms with Crippen LogP contribution < -0.4 is 10.6 Å². The van der Waals surface area contributed by atoms with Crippen molar-refractivity contribution in [3.05, 3.63) is 94.2 Å². The van der Waals surface area contributed by atoms with E-state index in [0.29, 0.717) is 24.0 Å². The molecule has 0 radical (unpaired) electrons. The van der Waals surface area contributed by atoms with E-state index in [-0.39, 0.29) is 5.91 Å². The Hall–Kier alpha value is -2.99. The maximum Gasteiger partial charge on any atom is 0.257 e. The lowest BCUT2D eigenvalue weighted by Crippen LogP contribution is -2.36. The summed E-state index contributed by atoms with van der Waals surface area (Å²) in [5.74, 6) is 0.677. The van der Waals surface area contributed by atoms with Crippen LogP contribution in [-0.2, 0) is 6.54 Å². The van der Waals surface area contributed by atoms with Gasteiger partial charge in [-0.05, 0) is 65.9 Å². The van der Waals surface area contributed by atoms with Crippen molar-refractivity contribution in [2.24, 2.45) is 4.99 Å². The minimum absolute atomic E-state index is 0.228. The van der Waals surface area contributed by atoms with Crippen LogP contribution in [0.5, 0.6) is 0 Å². The highest BCUT2D eigenvalue weighted by molar-refractivity contribution is 9.10. The summed E-state index contributed by atoms with van der Waals surface area (Å²) in [7, 11) is 0. The Morgan fingerprint density at radius 1 is 1.10 bits per heavy atom.